The van der Waals surface area contributed by atoms with E-state index in [1.54, 1.807) is 24.3 Å². The standard InChI is InChI=1S/C18H22N4O2/c1-2-20-10-11-22(18(20)24)16-6-8-21(9-7-16)17(23)15-5-3-4-14(12-15)13-19/h3-5,12,16H,2,6-11H2,1H3. The quantitative estimate of drug-likeness (QED) is 0.852. The van der Waals surface area contributed by atoms with E-state index in [4.69, 9.17) is 5.26 Å². The summed E-state index contributed by atoms with van der Waals surface area (Å²) < 4.78 is 0. The molecule has 2 aliphatic rings. The lowest BCUT2D eigenvalue weighted by molar-refractivity contribution is 0.0663. The van der Waals surface area contributed by atoms with Gasteiger partial charge in [0, 0.05) is 44.3 Å². The Morgan fingerprint density at radius 1 is 1.25 bits per heavy atom. The first-order chi connectivity index (χ1) is 11.6. The normalized spacial score (nSPS) is 18.8. The molecule has 2 fully saturated rings. The van der Waals surface area contributed by atoms with Crippen molar-refractivity contribution in [1.29, 1.82) is 5.26 Å². The summed E-state index contributed by atoms with van der Waals surface area (Å²) >= 11 is 0. The minimum atomic E-state index is -0.0338. The summed E-state index contributed by atoms with van der Waals surface area (Å²) in [4.78, 5) is 30.5. The molecule has 0 bridgehead atoms. The second kappa shape index (κ2) is 6.91. The van der Waals surface area contributed by atoms with Gasteiger partial charge in [-0.3, -0.25) is 4.79 Å². The van der Waals surface area contributed by atoms with E-state index in [1.165, 1.54) is 0 Å². The van der Waals surface area contributed by atoms with Gasteiger partial charge >= 0.3 is 6.03 Å². The van der Waals surface area contributed by atoms with E-state index >= 15 is 0 Å². The molecule has 3 rings (SSSR count). The maximum absolute atomic E-state index is 12.6. The Hall–Kier alpha value is -2.55. The average Bonchev–Trinajstić information content (AvgIpc) is 3.02. The lowest BCUT2D eigenvalue weighted by Gasteiger charge is -2.36. The van der Waals surface area contributed by atoms with Crippen LogP contribution in [0.1, 0.15) is 35.7 Å². The van der Waals surface area contributed by atoms with Gasteiger partial charge in [0.05, 0.1) is 11.6 Å². The van der Waals surface area contributed by atoms with Crippen LogP contribution in [0, 0.1) is 11.3 Å². The number of hydrogen-bond donors (Lipinski definition) is 0. The van der Waals surface area contributed by atoms with Gasteiger partial charge in [0.25, 0.3) is 5.91 Å². The molecule has 2 heterocycles. The van der Waals surface area contributed by atoms with Crippen molar-refractivity contribution in [2.45, 2.75) is 25.8 Å². The van der Waals surface area contributed by atoms with E-state index in [0.29, 0.717) is 24.2 Å². The number of likely N-dealkylation sites (tertiary alicyclic amines) is 1. The molecule has 6 heteroatoms. The molecule has 0 saturated carbocycles. The van der Waals surface area contributed by atoms with Gasteiger partial charge in [-0.2, -0.15) is 5.26 Å². The fourth-order valence-corrected chi connectivity index (χ4v) is 3.52. The number of hydrogen-bond acceptors (Lipinski definition) is 3. The monoisotopic (exact) mass is 326 g/mol. The lowest BCUT2D eigenvalue weighted by atomic mass is 10.0. The van der Waals surface area contributed by atoms with E-state index < -0.39 is 0 Å². The molecule has 0 spiro atoms. The van der Waals surface area contributed by atoms with E-state index in [1.807, 2.05) is 21.6 Å². The number of piperidine rings is 1. The summed E-state index contributed by atoms with van der Waals surface area (Å²) in [6.45, 7) is 5.64. The summed E-state index contributed by atoms with van der Waals surface area (Å²) in [5.74, 6) is -0.0338. The van der Waals surface area contributed by atoms with Crippen molar-refractivity contribution in [1.82, 2.24) is 14.7 Å². The molecule has 0 atom stereocenters. The van der Waals surface area contributed by atoms with Crippen molar-refractivity contribution in [2.75, 3.05) is 32.7 Å². The molecule has 1 aromatic rings. The first kappa shape index (κ1) is 16.3. The molecule has 0 aliphatic carbocycles. The second-order valence-corrected chi connectivity index (χ2v) is 6.27. The maximum atomic E-state index is 12.6. The molecule has 2 saturated heterocycles. The van der Waals surface area contributed by atoms with E-state index in [-0.39, 0.29) is 18.0 Å². The number of carbonyl (C=O) groups excluding carboxylic acids is 2. The van der Waals surface area contributed by atoms with Crippen molar-refractivity contribution in [3.63, 3.8) is 0 Å². The Morgan fingerprint density at radius 2 is 2.00 bits per heavy atom. The number of carbonyl (C=O) groups is 2. The number of benzene rings is 1. The van der Waals surface area contributed by atoms with Gasteiger partial charge in [-0.15, -0.1) is 0 Å². The Morgan fingerprint density at radius 3 is 2.62 bits per heavy atom. The molecule has 0 unspecified atom stereocenters. The number of urea groups is 1. The molecule has 0 aromatic heterocycles. The fourth-order valence-electron chi connectivity index (χ4n) is 3.52. The molecule has 1 aromatic carbocycles. The highest BCUT2D eigenvalue weighted by molar-refractivity contribution is 5.94. The zero-order chi connectivity index (χ0) is 17.1. The predicted molar refractivity (Wildman–Crippen MR) is 89.4 cm³/mol. The second-order valence-electron chi connectivity index (χ2n) is 6.27. The molecule has 3 amide bonds. The molecule has 2 aliphatic heterocycles. The van der Waals surface area contributed by atoms with Crippen LogP contribution in [-0.4, -0.2) is 65.4 Å². The van der Waals surface area contributed by atoms with Gasteiger partial charge < -0.3 is 14.7 Å². The zero-order valence-electron chi connectivity index (χ0n) is 13.9. The molecule has 6 nitrogen and oxygen atoms in total. The van der Waals surface area contributed by atoms with Crippen LogP contribution in [0.15, 0.2) is 24.3 Å². The van der Waals surface area contributed by atoms with Crippen LogP contribution in [0.2, 0.25) is 0 Å². The highest BCUT2D eigenvalue weighted by Gasteiger charge is 2.35. The van der Waals surface area contributed by atoms with Crippen molar-refractivity contribution in [3.05, 3.63) is 35.4 Å². The van der Waals surface area contributed by atoms with Gasteiger partial charge in [0.2, 0.25) is 0 Å². The number of amides is 3. The first-order valence-electron chi connectivity index (χ1n) is 8.49. The Bertz CT molecular complexity index is 674. The number of nitrogens with zero attached hydrogens (tertiary/aromatic N) is 4. The zero-order valence-corrected chi connectivity index (χ0v) is 13.9. The van der Waals surface area contributed by atoms with Crippen LogP contribution in [0.5, 0.6) is 0 Å². The summed E-state index contributed by atoms with van der Waals surface area (Å²) in [6.07, 6.45) is 1.62. The Labute approximate surface area is 142 Å². The summed E-state index contributed by atoms with van der Waals surface area (Å²) in [5.41, 5.74) is 1.06. The molecular weight excluding hydrogens is 304 g/mol. The van der Waals surface area contributed by atoms with E-state index in [9.17, 15) is 9.59 Å². The number of nitriles is 1. The third-order valence-corrected chi connectivity index (χ3v) is 4.94. The van der Waals surface area contributed by atoms with Crippen LogP contribution < -0.4 is 0 Å². The van der Waals surface area contributed by atoms with Crippen LogP contribution in [0.4, 0.5) is 4.79 Å². The largest absolute Gasteiger partial charge is 0.338 e. The number of likely N-dealkylation sites (N-methyl/N-ethyl adjacent to an activating group) is 1. The van der Waals surface area contributed by atoms with Crippen molar-refractivity contribution in [3.8, 4) is 6.07 Å². The van der Waals surface area contributed by atoms with Crippen LogP contribution >= 0.6 is 0 Å². The van der Waals surface area contributed by atoms with Gasteiger partial charge in [0.15, 0.2) is 0 Å². The smallest absolute Gasteiger partial charge is 0.320 e. The van der Waals surface area contributed by atoms with E-state index in [2.05, 4.69) is 6.07 Å². The molecule has 0 N–H and O–H groups in total. The van der Waals surface area contributed by atoms with Crippen molar-refractivity contribution in [2.24, 2.45) is 0 Å². The number of rotatable bonds is 3. The molecule has 24 heavy (non-hydrogen) atoms. The lowest BCUT2D eigenvalue weighted by Crippen LogP contribution is -2.48. The fraction of sp³-hybridized carbons (Fsp3) is 0.500. The molecule has 126 valence electrons. The average molecular weight is 326 g/mol. The van der Waals surface area contributed by atoms with E-state index in [0.717, 1.165) is 32.5 Å². The maximum Gasteiger partial charge on any atom is 0.320 e. The Kier molecular flexibility index (Phi) is 4.70. The minimum Gasteiger partial charge on any atom is -0.338 e. The van der Waals surface area contributed by atoms with Gasteiger partial charge in [0.1, 0.15) is 0 Å². The molecular formula is C18H22N4O2. The van der Waals surface area contributed by atoms with Crippen LogP contribution in [0.25, 0.3) is 0 Å². The highest BCUT2D eigenvalue weighted by atomic mass is 16.2. The van der Waals surface area contributed by atoms with Crippen LogP contribution in [0.3, 0.4) is 0 Å². The van der Waals surface area contributed by atoms with Crippen LogP contribution in [-0.2, 0) is 0 Å². The summed E-state index contributed by atoms with van der Waals surface area (Å²) in [6, 6.07) is 9.24. The SMILES string of the molecule is CCN1CCN(C2CCN(C(=O)c3cccc(C#N)c3)CC2)C1=O. The minimum absolute atomic E-state index is 0.0338. The van der Waals surface area contributed by atoms with Crippen molar-refractivity contribution < 1.29 is 9.59 Å². The van der Waals surface area contributed by atoms with Gasteiger partial charge in [-0.25, -0.2) is 4.79 Å². The van der Waals surface area contributed by atoms with Gasteiger partial charge in [-0.05, 0) is 38.0 Å². The first-order valence-corrected chi connectivity index (χ1v) is 8.49. The third-order valence-electron chi connectivity index (χ3n) is 4.94. The highest BCUT2D eigenvalue weighted by Crippen LogP contribution is 2.22. The third kappa shape index (κ3) is 3.07. The Balaban J connectivity index is 1.60. The van der Waals surface area contributed by atoms with Gasteiger partial charge in [-0.1, -0.05) is 6.07 Å². The summed E-state index contributed by atoms with van der Waals surface area (Å²) in [5, 5.41) is 8.96. The predicted octanol–water partition coefficient (Wildman–Crippen LogP) is 1.92. The van der Waals surface area contributed by atoms with Crippen molar-refractivity contribution >= 4 is 11.9 Å². The summed E-state index contributed by atoms with van der Waals surface area (Å²) in [7, 11) is 0. The molecule has 0 radical (unpaired) electrons. The topological polar surface area (TPSA) is 67.7 Å².